The summed E-state index contributed by atoms with van der Waals surface area (Å²) in [6.07, 6.45) is 0.983. The molecule has 1 heterocycles. The van der Waals surface area contributed by atoms with E-state index in [9.17, 15) is 4.79 Å². The predicted molar refractivity (Wildman–Crippen MR) is 112 cm³/mol. The Labute approximate surface area is 165 Å². The van der Waals surface area contributed by atoms with E-state index in [1.54, 1.807) is 11.3 Å². The van der Waals surface area contributed by atoms with Crippen molar-refractivity contribution in [3.63, 3.8) is 0 Å². The molecule has 27 heavy (non-hydrogen) atoms. The largest absolute Gasteiger partial charge is 0.461 e. The van der Waals surface area contributed by atoms with Crippen LogP contribution in [0, 0.1) is 13.8 Å². The lowest BCUT2D eigenvalue weighted by molar-refractivity contribution is -0.144. The number of para-hydroxylation sites is 1. The molecule has 0 saturated heterocycles. The molecule has 0 fully saturated rings. The summed E-state index contributed by atoms with van der Waals surface area (Å²) in [4.78, 5) is 16.8. The standard InChI is InChI=1S/C23H27NO2S/c1-15-12-17(23(3,4)5)13-16(2)18(15)14-26-22(25)11-10-21-24-19-8-6-7-9-20(19)27-21/h6-9,12-13H,10-11,14H2,1-5H3. The molecule has 2 aromatic carbocycles. The van der Waals surface area contributed by atoms with E-state index in [-0.39, 0.29) is 11.4 Å². The monoisotopic (exact) mass is 381 g/mol. The van der Waals surface area contributed by atoms with Gasteiger partial charge >= 0.3 is 5.97 Å². The molecule has 4 heteroatoms. The third kappa shape index (κ3) is 4.75. The normalized spacial score (nSPS) is 11.7. The molecule has 0 radical (unpaired) electrons. The average Bonchev–Trinajstić information content (AvgIpc) is 3.01. The molecule has 0 spiro atoms. The van der Waals surface area contributed by atoms with Crippen LogP contribution in [0.15, 0.2) is 36.4 Å². The third-order valence-electron chi connectivity index (χ3n) is 4.82. The van der Waals surface area contributed by atoms with Crippen molar-refractivity contribution in [2.75, 3.05) is 0 Å². The fraction of sp³-hybridized carbons (Fsp3) is 0.391. The van der Waals surface area contributed by atoms with Gasteiger partial charge in [-0.1, -0.05) is 45.0 Å². The van der Waals surface area contributed by atoms with E-state index in [2.05, 4.69) is 57.8 Å². The van der Waals surface area contributed by atoms with Crippen molar-refractivity contribution in [1.82, 2.24) is 4.98 Å². The number of nitrogens with zero attached hydrogens (tertiary/aromatic N) is 1. The van der Waals surface area contributed by atoms with Gasteiger partial charge in [0.05, 0.1) is 21.6 Å². The van der Waals surface area contributed by atoms with Crippen LogP contribution in [-0.2, 0) is 28.0 Å². The van der Waals surface area contributed by atoms with Gasteiger partial charge in [0.1, 0.15) is 6.61 Å². The molecule has 0 aliphatic heterocycles. The van der Waals surface area contributed by atoms with E-state index in [0.29, 0.717) is 19.4 Å². The van der Waals surface area contributed by atoms with Gasteiger partial charge in [-0.2, -0.15) is 0 Å². The number of fused-ring (bicyclic) bond motifs is 1. The molecule has 0 N–H and O–H groups in total. The van der Waals surface area contributed by atoms with Crippen LogP contribution in [0.2, 0.25) is 0 Å². The van der Waals surface area contributed by atoms with Crippen molar-refractivity contribution >= 4 is 27.5 Å². The number of benzene rings is 2. The van der Waals surface area contributed by atoms with Crippen molar-refractivity contribution in [2.24, 2.45) is 0 Å². The number of hydrogen-bond donors (Lipinski definition) is 0. The summed E-state index contributed by atoms with van der Waals surface area (Å²) in [5.41, 5.74) is 5.88. The van der Waals surface area contributed by atoms with Crippen molar-refractivity contribution < 1.29 is 9.53 Å². The first kappa shape index (κ1) is 19.6. The molecule has 0 aliphatic rings. The van der Waals surface area contributed by atoms with E-state index in [4.69, 9.17) is 4.74 Å². The van der Waals surface area contributed by atoms with Gasteiger partial charge in [0.25, 0.3) is 0 Å². The van der Waals surface area contributed by atoms with Crippen molar-refractivity contribution in [3.8, 4) is 0 Å². The van der Waals surface area contributed by atoms with Crippen LogP contribution in [-0.4, -0.2) is 11.0 Å². The highest BCUT2D eigenvalue weighted by Gasteiger charge is 2.17. The van der Waals surface area contributed by atoms with E-state index in [1.165, 1.54) is 16.7 Å². The molecule has 0 atom stereocenters. The highest BCUT2D eigenvalue weighted by molar-refractivity contribution is 7.18. The number of thiazole rings is 1. The Balaban J connectivity index is 1.59. The highest BCUT2D eigenvalue weighted by Crippen LogP contribution is 2.27. The minimum absolute atomic E-state index is 0.113. The van der Waals surface area contributed by atoms with E-state index >= 15 is 0 Å². The van der Waals surface area contributed by atoms with Gasteiger partial charge in [-0.25, -0.2) is 4.98 Å². The van der Waals surface area contributed by atoms with Crippen molar-refractivity contribution in [1.29, 1.82) is 0 Å². The number of carbonyl (C=O) groups excluding carboxylic acids is 1. The van der Waals surface area contributed by atoms with Gasteiger partial charge in [-0.3, -0.25) is 4.79 Å². The zero-order chi connectivity index (χ0) is 19.6. The number of aryl methyl sites for hydroxylation is 3. The van der Waals surface area contributed by atoms with Crippen LogP contribution in [0.5, 0.6) is 0 Å². The number of carbonyl (C=O) groups is 1. The summed E-state index contributed by atoms with van der Waals surface area (Å²) in [7, 11) is 0. The Kier molecular flexibility index (Phi) is 5.66. The van der Waals surface area contributed by atoms with Gasteiger partial charge in [0.15, 0.2) is 0 Å². The molecule has 0 aliphatic carbocycles. The molecule has 1 aromatic heterocycles. The second-order valence-electron chi connectivity index (χ2n) is 8.07. The van der Waals surface area contributed by atoms with Crippen LogP contribution in [0.4, 0.5) is 0 Å². The average molecular weight is 382 g/mol. The number of esters is 1. The molecule has 3 aromatic rings. The maximum absolute atomic E-state index is 12.2. The Morgan fingerprint density at radius 1 is 1.11 bits per heavy atom. The molecule has 3 nitrogen and oxygen atoms in total. The first-order valence-electron chi connectivity index (χ1n) is 9.35. The Morgan fingerprint density at radius 2 is 1.78 bits per heavy atom. The van der Waals surface area contributed by atoms with Gasteiger partial charge in [-0.15, -0.1) is 11.3 Å². The lowest BCUT2D eigenvalue weighted by Gasteiger charge is -2.22. The SMILES string of the molecule is Cc1cc(C(C)(C)C)cc(C)c1COC(=O)CCc1nc2ccccc2s1. The zero-order valence-electron chi connectivity index (χ0n) is 16.8. The Morgan fingerprint density at radius 3 is 2.41 bits per heavy atom. The molecule has 3 rings (SSSR count). The molecule has 0 bridgehead atoms. The summed E-state index contributed by atoms with van der Waals surface area (Å²) in [5.74, 6) is -0.173. The van der Waals surface area contributed by atoms with E-state index in [1.807, 2.05) is 18.2 Å². The summed E-state index contributed by atoms with van der Waals surface area (Å²) in [6.45, 7) is 11.1. The Hall–Kier alpha value is -2.20. The molecule has 0 unspecified atom stereocenters. The highest BCUT2D eigenvalue weighted by atomic mass is 32.1. The summed E-state index contributed by atoms with van der Waals surface area (Å²) in [6, 6.07) is 12.5. The van der Waals surface area contributed by atoms with E-state index in [0.717, 1.165) is 20.8 Å². The van der Waals surface area contributed by atoms with Crippen LogP contribution < -0.4 is 0 Å². The fourth-order valence-electron chi connectivity index (χ4n) is 3.11. The van der Waals surface area contributed by atoms with Crippen molar-refractivity contribution in [2.45, 2.75) is 59.5 Å². The Bertz CT molecular complexity index is 910. The van der Waals surface area contributed by atoms with Crippen molar-refractivity contribution in [3.05, 3.63) is 63.7 Å². The first-order valence-corrected chi connectivity index (χ1v) is 10.2. The van der Waals surface area contributed by atoms with Crippen LogP contribution in [0.25, 0.3) is 10.2 Å². The lowest BCUT2D eigenvalue weighted by atomic mass is 9.84. The smallest absolute Gasteiger partial charge is 0.306 e. The maximum Gasteiger partial charge on any atom is 0.306 e. The fourth-order valence-corrected chi connectivity index (χ4v) is 4.08. The van der Waals surface area contributed by atoms with Crippen LogP contribution in [0.3, 0.4) is 0 Å². The van der Waals surface area contributed by atoms with Gasteiger partial charge in [0.2, 0.25) is 0 Å². The molecule has 0 saturated carbocycles. The van der Waals surface area contributed by atoms with E-state index < -0.39 is 0 Å². The summed E-state index contributed by atoms with van der Waals surface area (Å²) in [5, 5.41) is 0.982. The minimum atomic E-state index is -0.173. The summed E-state index contributed by atoms with van der Waals surface area (Å²) < 4.78 is 6.71. The molecule has 0 amide bonds. The lowest BCUT2D eigenvalue weighted by Crippen LogP contribution is -2.13. The molecule has 142 valence electrons. The maximum atomic E-state index is 12.2. The van der Waals surface area contributed by atoms with Gasteiger partial charge < -0.3 is 4.74 Å². The third-order valence-corrected chi connectivity index (χ3v) is 5.92. The quantitative estimate of drug-likeness (QED) is 0.518. The number of ether oxygens (including phenoxy) is 1. The molecular formula is C23H27NO2S. The minimum Gasteiger partial charge on any atom is -0.461 e. The predicted octanol–water partition coefficient (Wildman–Crippen LogP) is 5.89. The van der Waals surface area contributed by atoms with Gasteiger partial charge in [0, 0.05) is 6.42 Å². The zero-order valence-corrected chi connectivity index (χ0v) is 17.6. The number of rotatable bonds is 5. The van der Waals surface area contributed by atoms with Gasteiger partial charge in [-0.05, 0) is 53.6 Å². The topological polar surface area (TPSA) is 39.2 Å². The summed E-state index contributed by atoms with van der Waals surface area (Å²) >= 11 is 1.64. The number of aromatic nitrogens is 1. The van der Waals surface area contributed by atoms with Crippen LogP contribution >= 0.6 is 11.3 Å². The first-order chi connectivity index (χ1) is 12.7. The second kappa shape index (κ2) is 7.81. The number of hydrogen-bond acceptors (Lipinski definition) is 4. The van der Waals surface area contributed by atoms with Crippen LogP contribution in [0.1, 0.15) is 54.5 Å². The second-order valence-corrected chi connectivity index (χ2v) is 9.19. The molecular weight excluding hydrogens is 354 g/mol.